The molecule has 1 heterocycles. The van der Waals surface area contributed by atoms with Crippen LogP contribution in [-0.2, 0) is 0 Å². The maximum Gasteiger partial charge on any atom is 0.323 e. The van der Waals surface area contributed by atoms with Gasteiger partial charge in [0, 0.05) is 30.1 Å². The Bertz CT molecular complexity index is 951. The van der Waals surface area contributed by atoms with E-state index in [9.17, 15) is 13.6 Å². The van der Waals surface area contributed by atoms with E-state index in [1.54, 1.807) is 37.4 Å². The van der Waals surface area contributed by atoms with Gasteiger partial charge in [-0.15, -0.1) is 0 Å². The van der Waals surface area contributed by atoms with Gasteiger partial charge in [-0.2, -0.15) is 0 Å². The number of aromatic nitrogens is 2. The predicted molar refractivity (Wildman–Crippen MR) is 102 cm³/mol. The van der Waals surface area contributed by atoms with Gasteiger partial charge in [-0.1, -0.05) is 12.1 Å². The quantitative estimate of drug-likeness (QED) is 0.562. The fraction of sp³-hybridized carbons (Fsp3) is 0.105. The molecule has 0 radical (unpaired) electrons. The molecule has 0 atom stereocenters. The first kappa shape index (κ1) is 19.0. The molecule has 1 aromatic heterocycles. The van der Waals surface area contributed by atoms with Gasteiger partial charge in [0.15, 0.2) is 0 Å². The van der Waals surface area contributed by atoms with E-state index in [1.165, 1.54) is 30.6 Å². The van der Waals surface area contributed by atoms with E-state index in [1.807, 2.05) is 0 Å². The molecule has 0 fully saturated rings. The molecular weight excluding hydrogens is 368 g/mol. The Morgan fingerprint density at radius 1 is 1.00 bits per heavy atom. The van der Waals surface area contributed by atoms with Gasteiger partial charge in [0.05, 0.1) is 0 Å². The lowest BCUT2D eigenvalue weighted by atomic mass is 10.2. The molecule has 3 N–H and O–H groups in total. The predicted octanol–water partition coefficient (Wildman–Crippen LogP) is 4.89. The number of nitrogens with zero attached hydrogens (tertiary/aromatic N) is 2. The van der Waals surface area contributed by atoms with Crippen LogP contribution in [0.25, 0.3) is 0 Å². The molecule has 0 unspecified atom stereocenters. The number of carbonyl (C=O) groups excluding carboxylic acids is 1. The third kappa shape index (κ3) is 5.13. The zero-order valence-electron chi connectivity index (χ0n) is 14.8. The van der Waals surface area contributed by atoms with Crippen LogP contribution in [0.2, 0.25) is 0 Å². The smallest absolute Gasteiger partial charge is 0.323 e. The van der Waals surface area contributed by atoms with Crippen LogP contribution < -0.4 is 20.7 Å². The van der Waals surface area contributed by atoms with Crippen LogP contribution >= 0.6 is 0 Å². The topological polar surface area (TPSA) is 88.2 Å². The lowest BCUT2D eigenvalue weighted by Gasteiger charge is -2.10. The van der Waals surface area contributed by atoms with Gasteiger partial charge < -0.3 is 20.7 Å². The van der Waals surface area contributed by atoms with Crippen molar-refractivity contribution >= 4 is 23.2 Å². The summed E-state index contributed by atoms with van der Waals surface area (Å²) in [6.45, 7) is 0. The Balaban J connectivity index is 1.59. The molecule has 7 nitrogen and oxygen atoms in total. The molecule has 2 aromatic carbocycles. The molecule has 28 heavy (non-hydrogen) atoms. The number of urea groups is 1. The third-order valence-electron chi connectivity index (χ3n) is 3.63. The minimum absolute atomic E-state index is 0.162. The molecular formula is C19H17F2N5O2. The Kier molecular flexibility index (Phi) is 5.95. The van der Waals surface area contributed by atoms with Crippen molar-refractivity contribution in [3.05, 3.63) is 66.5 Å². The van der Waals surface area contributed by atoms with E-state index >= 15 is 0 Å². The molecule has 2 amide bonds. The molecule has 0 aliphatic heterocycles. The van der Waals surface area contributed by atoms with Crippen molar-refractivity contribution in [3.8, 4) is 11.6 Å². The number of rotatable bonds is 6. The lowest BCUT2D eigenvalue weighted by Crippen LogP contribution is -2.19. The van der Waals surface area contributed by atoms with Gasteiger partial charge in [-0.05, 0) is 36.4 Å². The number of amides is 2. The summed E-state index contributed by atoms with van der Waals surface area (Å²) in [5, 5.41) is 8.02. The number of nitrogens with one attached hydrogen (secondary N) is 3. The number of hydrogen-bond acceptors (Lipinski definition) is 5. The number of ether oxygens (including phenoxy) is 1. The molecule has 3 rings (SSSR count). The molecule has 3 aromatic rings. The van der Waals surface area contributed by atoms with Crippen molar-refractivity contribution in [3.63, 3.8) is 0 Å². The summed E-state index contributed by atoms with van der Waals surface area (Å²) in [4.78, 5) is 20.1. The molecule has 0 aliphatic rings. The second kappa shape index (κ2) is 8.76. The van der Waals surface area contributed by atoms with Crippen LogP contribution in [0.1, 0.15) is 12.0 Å². The number of hydrogen-bond donors (Lipinski definition) is 3. The van der Waals surface area contributed by atoms with Crippen molar-refractivity contribution < 1.29 is 18.3 Å². The third-order valence-corrected chi connectivity index (χ3v) is 3.63. The second-order valence-corrected chi connectivity index (χ2v) is 5.62. The van der Waals surface area contributed by atoms with Gasteiger partial charge in [0.1, 0.15) is 17.9 Å². The molecule has 0 spiro atoms. The van der Waals surface area contributed by atoms with Crippen LogP contribution in [-0.4, -0.2) is 23.0 Å². The van der Waals surface area contributed by atoms with E-state index in [0.29, 0.717) is 23.1 Å². The van der Waals surface area contributed by atoms with Crippen LogP contribution in [0.3, 0.4) is 0 Å². The zero-order chi connectivity index (χ0) is 19.9. The maximum absolute atomic E-state index is 12.7. The molecule has 144 valence electrons. The van der Waals surface area contributed by atoms with Crippen molar-refractivity contribution in [2.45, 2.75) is 6.43 Å². The largest absolute Gasteiger partial charge is 0.439 e. The van der Waals surface area contributed by atoms with Crippen molar-refractivity contribution in [2.75, 3.05) is 23.0 Å². The highest BCUT2D eigenvalue weighted by Crippen LogP contribution is 2.23. The highest BCUT2D eigenvalue weighted by Gasteiger charge is 2.09. The number of carbonyl (C=O) groups is 1. The first-order chi connectivity index (χ1) is 13.5. The lowest BCUT2D eigenvalue weighted by molar-refractivity contribution is 0.151. The molecule has 9 heteroatoms. The van der Waals surface area contributed by atoms with Crippen LogP contribution in [0.5, 0.6) is 11.6 Å². The summed E-state index contributed by atoms with van der Waals surface area (Å²) < 4.78 is 31.1. The van der Waals surface area contributed by atoms with E-state index in [2.05, 4.69) is 25.9 Å². The normalized spacial score (nSPS) is 10.4. The van der Waals surface area contributed by atoms with Gasteiger partial charge in [0.25, 0.3) is 6.43 Å². The molecule has 0 bridgehead atoms. The van der Waals surface area contributed by atoms with Gasteiger partial charge >= 0.3 is 6.03 Å². The first-order valence-electron chi connectivity index (χ1n) is 8.27. The van der Waals surface area contributed by atoms with Crippen LogP contribution in [0.4, 0.5) is 30.8 Å². The van der Waals surface area contributed by atoms with Gasteiger partial charge in [-0.3, -0.25) is 0 Å². The second-order valence-electron chi connectivity index (χ2n) is 5.62. The van der Waals surface area contributed by atoms with Gasteiger partial charge in [0.2, 0.25) is 5.88 Å². The van der Waals surface area contributed by atoms with E-state index in [-0.39, 0.29) is 11.3 Å². The van der Waals surface area contributed by atoms with Gasteiger partial charge in [-0.25, -0.2) is 23.5 Å². The highest BCUT2D eigenvalue weighted by atomic mass is 19.3. The summed E-state index contributed by atoms with van der Waals surface area (Å²) in [6.07, 6.45) is -1.22. The minimum atomic E-state index is -2.60. The Labute approximate surface area is 159 Å². The van der Waals surface area contributed by atoms with Crippen LogP contribution in [0, 0.1) is 0 Å². The van der Waals surface area contributed by atoms with E-state index in [0.717, 1.165) is 0 Å². The number of alkyl halides is 2. The van der Waals surface area contributed by atoms with Crippen molar-refractivity contribution in [1.82, 2.24) is 9.97 Å². The zero-order valence-corrected chi connectivity index (χ0v) is 14.8. The summed E-state index contributed by atoms with van der Waals surface area (Å²) in [6, 6.07) is 13.2. The van der Waals surface area contributed by atoms with E-state index in [4.69, 9.17) is 4.74 Å². The Morgan fingerprint density at radius 3 is 2.46 bits per heavy atom. The number of benzene rings is 2. The maximum atomic E-state index is 12.7. The minimum Gasteiger partial charge on any atom is -0.439 e. The SMILES string of the molecule is CNc1cc(Oc2ccc(NC(=O)Nc3cccc(C(F)F)c3)cc2)ncn1. The molecule has 0 saturated heterocycles. The monoisotopic (exact) mass is 385 g/mol. The standard InChI is InChI=1S/C19H17F2N5O2/c1-22-16-10-17(24-11-23-16)28-15-7-5-13(6-8-15)25-19(27)26-14-4-2-3-12(9-14)18(20)21/h2-11,18H,1H3,(H,22,23,24)(H2,25,26,27). The fourth-order valence-corrected chi connectivity index (χ4v) is 2.30. The summed E-state index contributed by atoms with van der Waals surface area (Å²) >= 11 is 0. The number of halogens is 2. The highest BCUT2D eigenvalue weighted by molar-refractivity contribution is 5.99. The first-order valence-corrected chi connectivity index (χ1v) is 8.27. The fourth-order valence-electron chi connectivity index (χ4n) is 2.30. The summed E-state index contributed by atoms with van der Waals surface area (Å²) in [7, 11) is 1.74. The average Bonchev–Trinajstić information content (AvgIpc) is 2.70. The van der Waals surface area contributed by atoms with E-state index < -0.39 is 12.5 Å². The van der Waals surface area contributed by atoms with Crippen molar-refractivity contribution in [2.24, 2.45) is 0 Å². The molecule has 0 aliphatic carbocycles. The average molecular weight is 385 g/mol. The Hall–Kier alpha value is -3.75. The summed E-state index contributed by atoms with van der Waals surface area (Å²) in [5.74, 6) is 1.52. The molecule has 0 saturated carbocycles. The number of anilines is 3. The van der Waals surface area contributed by atoms with Crippen molar-refractivity contribution in [1.29, 1.82) is 0 Å². The Morgan fingerprint density at radius 2 is 1.75 bits per heavy atom. The van der Waals surface area contributed by atoms with Crippen LogP contribution in [0.15, 0.2) is 60.9 Å². The summed E-state index contributed by atoms with van der Waals surface area (Å²) in [5.41, 5.74) is 0.623.